The molecule has 0 aromatic heterocycles. The molecule has 0 fully saturated rings. The molecule has 3 nitrogen and oxygen atoms in total. The summed E-state index contributed by atoms with van der Waals surface area (Å²) < 4.78 is 0. The van der Waals surface area contributed by atoms with Crippen LogP contribution in [0.25, 0.3) is 0 Å². The number of hydrogen-bond donors (Lipinski definition) is 0. The van der Waals surface area contributed by atoms with Gasteiger partial charge in [-0.3, -0.25) is 4.79 Å². The molecule has 1 atom stereocenters. The van der Waals surface area contributed by atoms with Crippen molar-refractivity contribution >= 4 is 23.2 Å². The Balaban J connectivity index is 1.96. The van der Waals surface area contributed by atoms with Crippen molar-refractivity contribution in [1.29, 1.82) is 0 Å². The van der Waals surface area contributed by atoms with E-state index in [1.54, 1.807) is 11.9 Å². The maximum absolute atomic E-state index is 11.9. The third kappa shape index (κ3) is 2.90. The van der Waals surface area contributed by atoms with E-state index in [0.717, 1.165) is 16.8 Å². The number of rotatable bonds is 2. The smallest absolute Gasteiger partial charge is 0.240 e. The number of carbonyl (C=O) groups excluding carboxylic acids is 1. The number of carbonyl (C=O) groups is 1. The molecule has 2 aromatic carbocycles. The molecule has 1 aliphatic heterocycles. The molecule has 22 heavy (non-hydrogen) atoms. The summed E-state index contributed by atoms with van der Waals surface area (Å²) in [6, 6.07) is 15.7. The lowest BCUT2D eigenvalue weighted by molar-refractivity contribution is -0.130. The van der Waals surface area contributed by atoms with E-state index in [9.17, 15) is 4.79 Å². The van der Waals surface area contributed by atoms with E-state index in [1.165, 1.54) is 5.56 Å². The van der Waals surface area contributed by atoms with Crippen molar-refractivity contribution < 1.29 is 4.79 Å². The molecule has 112 valence electrons. The van der Waals surface area contributed by atoms with Crippen LogP contribution in [0.5, 0.6) is 0 Å². The number of aryl methyl sites for hydroxylation is 1. The van der Waals surface area contributed by atoms with Gasteiger partial charge >= 0.3 is 0 Å². The number of hydrazone groups is 1. The normalized spacial score (nSPS) is 17.5. The van der Waals surface area contributed by atoms with Crippen LogP contribution < -0.4 is 0 Å². The summed E-state index contributed by atoms with van der Waals surface area (Å²) in [5, 5.41) is 6.77. The minimum atomic E-state index is -0.0910. The van der Waals surface area contributed by atoms with Gasteiger partial charge in [-0.1, -0.05) is 53.6 Å². The van der Waals surface area contributed by atoms with Gasteiger partial charge in [0, 0.05) is 18.4 Å². The first-order valence-electron chi connectivity index (χ1n) is 7.24. The summed E-state index contributed by atoms with van der Waals surface area (Å²) in [7, 11) is 0. The molecular weight excluding hydrogens is 296 g/mol. The molecule has 3 rings (SSSR count). The SMILES string of the molecule is CC(=O)N1N=C(c2cccc(C)c2)CC1c1cccc(Cl)c1. The topological polar surface area (TPSA) is 32.7 Å². The predicted octanol–water partition coefficient (Wildman–Crippen LogP) is 4.35. The van der Waals surface area contributed by atoms with Crippen LogP contribution in [0.15, 0.2) is 53.6 Å². The quantitative estimate of drug-likeness (QED) is 0.811. The molecule has 0 spiro atoms. The van der Waals surface area contributed by atoms with E-state index in [4.69, 9.17) is 11.6 Å². The molecular formula is C18H17ClN2O. The Hall–Kier alpha value is -2.13. The highest BCUT2D eigenvalue weighted by Gasteiger charge is 2.31. The van der Waals surface area contributed by atoms with E-state index in [2.05, 4.69) is 24.2 Å². The Kier molecular flexibility index (Phi) is 3.99. The van der Waals surface area contributed by atoms with Gasteiger partial charge in [0.1, 0.15) is 0 Å². The molecule has 1 amide bonds. The van der Waals surface area contributed by atoms with Crippen LogP contribution in [0.3, 0.4) is 0 Å². The molecule has 0 aliphatic carbocycles. The number of amides is 1. The van der Waals surface area contributed by atoms with E-state index in [1.807, 2.05) is 36.4 Å². The average Bonchev–Trinajstić information content (AvgIpc) is 2.92. The van der Waals surface area contributed by atoms with Crippen LogP contribution >= 0.6 is 11.6 Å². The monoisotopic (exact) mass is 312 g/mol. The molecule has 0 bridgehead atoms. The summed E-state index contributed by atoms with van der Waals surface area (Å²) in [4.78, 5) is 11.9. The van der Waals surface area contributed by atoms with Gasteiger partial charge in [0.2, 0.25) is 5.91 Å². The van der Waals surface area contributed by atoms with Crippen LogP contribution in [0.4, 0.5) is 0 Å². The summed E-state index contributed by atoms with van der Waals surface area (Å²) in [6.07, 6.45) is 0.698. The van der Waals surface area contributed by atoms with E-state index < -0.39 is 0 Å². The van der Waals surface area contributed by atoms with E-state index in [-0.39, 0.29) is 11.9 Å². The molecule has 0 saturated heterocycles. The predicted molar refractivity (Wildman–Crippen MR) is 89.0 cm³/mol. The highest BCUT2D eigenvalue weighted by Crippen LogP contribution is 2.33. The summed E-state index contributed by atoms with van der Waals surface area (Å²) in [5.74, 6) is -0.0624. The Morgan fingerprint density at radius 2 is 2.00 bits per heavy atom. The van der Waals surface area contributed by atoms with Crippen molar-refractivity contribution in [2.75, 3.05) is 0 Å². The fourth-order valence-electron chi connectivity index (χ4n) is 2.77. The standard InChI is InChI=1S/C18H17ClN2O/c1-12-5-3-6-14(9-12)17-11-18(21(20-17)13(2)22)15-7-4-8-16(19)10-15/h3-10,18H,11H2,1-2H3. The lowest BCUT2D eigenvalue weighted by Gasteiger charge is -2.20. The Morgan fingerprint density at radius 1 is 1.23 bits per heavy atom. The van der Waals surface area contributed by atoms with Crippen molar-refractivity contribution in [2.24, 2.45) is 5.10 Å². The third-order valence-corrected chi connectivity index (χ3v) is 4.05. The highest BCUT2D eigenvalue weighted by molar-refractivity contribution is 6.30. The molecule has 0 saturated carbocycles. The van der Waals surface area contributed by atoms with E-state index >= 15 is 0 Å². The molecule has 1 aliphatic rings. The maximum atomic E-state index is 11.9. The minimum absolute atomic E-state index is 0.0624. The Bertz CT molecular complexity index is 754. The zero-order valence-electron chi connectivity index (χ0n) is 12.6. The number of hydrogen-bond acceptors (Lipinski definition) is 2. The van der Waals surface area contributed by atoms with Gasteiger partial charge in [0.25, 0.3) is 0 Å². The fraction of sp³-hybridized carbons (Fsp3) is 0.222. The number of nitrogens with zero attached hydrogens (tertiary/aromatic N) is 2. The second kappa shape index (κ2) is 5.93. The number of halogens is 1. The van der Waals surface area contributed by atoms with Crippen molar-refractivity contribution in [3.05, 3.63) is 70.2 Å². The van der Waals surface area contributed by atoms with Gasteiger partial charge < -0.3 is 0 Å². The number of benzene rings is 2. The molecule has 1 unspecified atom stereocenters. The lowest BCUT2D eigenvalue weighted by atomic mass is 9.98. The minimum Gasteiger partial charge on any atom is -0.273 e. The van der Waals surface area contributed by atoms with Crippen molar-refractivity contribution in [1.82, 2.24) is 5.01 Å². The summed E-state index contributed by atoms with van der Waals surface area (Å²) >= 11 is 6.08. The summed E-state index contributed by atoms with van der Waals surface area (Å²) in [5.41, 5.74) is 4.19. The maximum Gasteiger partial charge on any atom is 0.240 e. The van der Waals surface area contributed by atoms with Crippen LogP contribution in [-0.2, 0) is 4.79 Å². The second-order valence-electron chi connectivity index (χ2n) is 5.55. The first-order valence-corrected chi connectivity index (χ1v) is 7.62. The van der Waals surface area contributed by atoms with Gasteiger partial charge in [0.05, 0.1) is 11.8 Å². The Labute approximate surface area is 135 Å². The molecule has 2 aromatic rings. The van der Waals surface area contributed by atoms with Crippen molar-refractivity contribution in [3.8, 4) is 0 Å². The Morgan fingerprint density at radius 3 is 2.68 bits per heavy atom. The molecule has 0 radical (unpaired) electrons. The molecule has 4 heteroatoms. The van der Waals surface area contributed by atoms with Gasteiger partial charge in [-0.25, -0.2) is 5.01 Å². The fourth-order valence-corrected chi connectivity index (χ4v) is 2.97. The molecule has 0 N–H and O–H groups in total. The van der Waals surface area contributed by atoms with E-state index in [0.29, 0.717) is 11.4 Å². The summed E-state index contributed by atoms with van der Waals surface area (Å²) in [6.45, 7) is 3.59. The average molecular weight is 313 g/mol. The largest absolute Gasteiger partial charge is 0.273 e. The van der Waals surface area contributed by atoms with Crippen LogP contribution in [0, 0.1) is 6.92 Å². The zero-order chi connectivity index (χ0) is 15.7. The van der Waals surface area contributed by atoms with Gasteiger partial charge in [-0.15, -0.1) is 0 Å². The molecule has 1 heterocycles. The van der Waals surface area contributed by atoms with Gasteiger partial charge in [-0.2, -0.15) is 5.10 Å². The zero-order valence-corrected chi connectivity index (χ0v) is 13.3. The van der Waals surface area contributed by atoms with Crippen LogP contribution in [0.1, 0.15) is 36.1 Å². The van der Waals surface area contributed by atoms with Crippen LogP contribution in [0.2, 0.25) is 5.02 Å². The van der Waals surface area contributed by atoms with Gasteiger partial charge in [-0.05, 0) is 30.2 Å². The third-order valence-electron chi connectivity index (χ3n) is 3.82. The van der Waals surface area contributed by atoms with Crippen molar-refractivity contribution in [3.63, 3.8) is 0 Å². The van der Waals surface area contributed by atoms with Crippen molar-refractivity contribution in [2.45, 2.75) is 26.3 Å². The van der Waals surface area contributed by atoms with Crippen LogP contribution in [-0.4, -0.2) is 16.6 Å². The van der Waals surface area contributed by atoms with Gasteiger partial charge in [0.15, 0.2) is 0 Å². The first-order chi connectivity index (χ1) is 10.5. The highest BCUT2D eigenvalue weighted by atomic mass is 35.5. The first kappa shape index (κ1) is 14.8. The lowest BCUT2D eigenvalue weighted by Crippen LogP contribution is -2.24. The second-order valence-corrected chi connectivity index (χ2v) is 5.99.